The molecule has 7 heteroatoms. The summed E-state index contributed by atoms with van der Waals surface area (Å²) in [6.07, 6.45) is 4.84. The number of aromatic nitrogens is 3. The van der Waals surface area contributed by atoms with E-state index < -0.39 is 0 Å². The van der Waals surface area contributed by atoms with Gasteiger partial charge in [-0.05, 0) is 31.2 Å². The maximum atomic E-state index is 12.1. The van der Waals surface area contributed by atoms with Crippen LogP contribution in [0.25, 0.3) is 11.3 Å². The number of H-pyrrole nitrogens is 1. The molecule has 2 aromatic heterocycles. The lowest BCUT2D eigenvalue weighted by Gasteiger charge is -2.07. The van der Waals surface area contributed by atoms with Crippen molar-refractivity contribution in [2.45, 2.75) is 6.92 Å². The lowest BCUT2D eigenvalue weighted by molar-refractivity contribution is 0.0950. The largest absolute Gasteiger partial charge is 0.493 e. The minimum atomic E-state index is -0.382. The second-order valence-electron chi connectivity index (χ2n) is 5.08. The fourth-order valence-electron chi connectivity index (χ4n) is 2.21. The molecule has 0 radical (unpaired) electrons. The molecule has 1 amide bonds. The Balaban J connectivity index is 1.71. The van der Waals surface area contributed by atoms with Gasteiger partial charge in [0.05, 0.1) is 18.5 Å². The summed E-state index contributed by atoms with van der Waals surface area (Å²) in [5.41, 5.74) is 5.00. The molecule has 0 aliphatic heterocycles. The predicted molar refractivity (Wildman–Crippen MR) is 94.5 cm³/mol. The Morgan fingerprint density at radius 2 is 2.20 bits per heavy atom. The molecule has 0 bridgehead atoms. The minimum absolute atomic E-state index is 0.310. The molecule has 0 atom stereocenters. The Morgan fingerprint density at radius 3 is 3.00 bits per heavy atom. The number of hydrogen-bond acceptors (Lipinski definition) is 5. The maximum absolute atomic E-state index is 12.1. The molecule has 0 unspecified atom stereocenters. The molecule has 3 rings (SSSR count). The number of rotatable bonds is 6. The first-order valence-corrected chi connectivity index (χ1v) is 7.79. The summed E-state index contributed by atoms with van der Waals surface area (Å²) in [5.74, 6) is 0.339. The van der Waals surface area contributed by atoms with Crippen molar-refractivity contribution in [2.24, 2.45) is 5.10 Å². The zero-order chi connectivity index (χ0) is 17.5. The number of pyridine rings is 1. The molecule has 0 spiro atoms. The zero-order valence-corrected chi connectivity index (χ0v) is 13.6. The number of ether oxygens (including phenoxy) is 1. The number of hydrogen-bond donors (Lipinski definition) is 2. The van der Waals surface area contributed by atoms with Crippen LogP contribution in [0.1, 0.15) is 23.0 Å². The van der Waals surface area contributed by atoms with Crippen LogP contribution in [0, 0.1) is 0 Å². The third-order valence-corrected chi connectivity index (χ3v) is 3.35. The van der Waals surface area contributed by atoms with Crippen molar-refractivity contribution in [3.05, 3.63) is 66.1 Å². The van der Waals surface area contributed by atoms with Crippen molar-refractivity contribution in [3.8, 4) is 17.0 Å². The first-order chi connectivity index (χ1) is 12.3. The SMILES string of the molecule is CCOc1ccccc1-c1cc(C(=O)NN=Cc2cccnc2)[nH]n1. The average Bonchev–Trinajstić information content (AvgIpc) is 3.13. The van der Waals surface area contributed by atoms with E-state index in [2.05, 4.69) is 25.7 Å². The molecule has 0 aliphatic rings. The molecular formula is C18H17N5O2. The van der Waals surface area contributed by atoms with Gasteiger partial charge in [-0.1, -0.05) is 18.2 Å². The number of para-hydroxylation sites is 1. The van der Waals surface area contributed by atoms with Gasteiger partial charge in [0.15, 0.2) is 0 Å². The third-order valence-electron chi connectivity index (χ3n) is 3.35. The topological polar surface area (TPSA) is 92.3 Å². The van der Waals surface area contributed by atoms with Gasteiger partial charge in [-0.15, -0.1) is 0 Å². The molecule has 2 N–H and O–H groups in total. The van der Waals surface area contributed by atoms with E-state index in [1.807, 2.05) is 37.3 Å². The summed E-state index contributed by atoms with van der Waals surface area (Å²) >= 11 is 0. The van der Waals surface area contributed by atoms with E-state index in [0.717, 1.165) is 16.9 Å². The molecule has 0 fully saturated rings. The quantitative estimate of drug-likeness (QED) is 0.535. The van der Waals surface area contributed by atoms with E-state index in [-0.39, 0.29) is 5.91 Å². The van der Waals surface area contributed by atoms with Gasteiger partial charge in [-0.2, -0.15) is 10.2 Å². The Bertz CT molecular complexity index is 874. The molecule has 25 heavy (non-hydrogen) atoms. The van der Waals surface area contributed by atoms with E-state index in [1.54, 1.807) is 24.5 Å². The molecule has 0 saturated heterocycles. The molecule has 2 heterocycles. The van der Waals surface area contributed by atoms with E-state index in [4.69, 9.17) is 4.74 Å². The second-order valence-corrected chi connectivity index (χ2v) is 5.08. The Hall–Kier alpha value is -3.48. The van der Waals surface area contributed by atoms with Gasteiger partial charge >= 0.3 is 0 Å². The van der Waals surface area contributed by atoms with Crippen molar-refractivity contribution in [1.29, 1.82) is 0 Å². The molecule has 0 saturated carbocycles. The maximum Gasteiger partial charge on any atom is 0.289 e. The fraction of sp³-hybridized carbons (Fsp3) is 0.111. The zero-order valence-electron chi connectivity index (χ0n) is 13.6. The second kappa shape index (κ2) is 7.87. The van der Waals surface area contributed by atoms with Crippen LogP contribution in [0.5, 0.6) is 5.75 Å². The Kier molecular flexibility index (Phi) is 5.16. The van der Waals surface area contributed by atoms with Crippen LogP contribution in [0.15, 0.2) is 60.0 Å². The van der Waals surface area contributed by atoms with Crippen LogP contribution in [0.4, 0.5) is 0 Å². The molecule has 7 nitrogen and oxygen atoms in total. The number of carbonyl (C=O) groups is 1. The van der Waals surface area contributed by atoms with Crippen molar-refractivity contribution < 1.29 is 9.53 Å². The van der Waals surface area contributed by atoms with Crippen LogP contribution in [-0.4, -0.2) is 33.9 Å². The van der Waals surface area contributed by atoms with Gasteiger partial charge < -0.3 is 4.74 Å². The number of amides is 1. The van der Waals surface area contributed by atoms with Crippen LogP contribution in [0.2, 0.25) is 0 Å². The van der Waals surface area contributed by atoms with E-state index in [0.29, 0.717) is 18.0 Å². The van der Waals surface area contributed by atoms with E-state index in [9.17, 15) is 4.79 Å². The van der Waals surface area contributed by atoms with Crippen LogP contribution in [-0.2, 0) is 0 Å². The average molecular weight is 335 g/mol. The Morgan fingerprint density at radius 1 is 1.32 bits per heavy atom. The van der Waals surface area contributed by atoms with Crippen molar-refractivity contribution in [1.82, 2.24) is 20.6 Å². The number of hydrazone groups is 1. The highest BCUT2D eigenvalue weighted by Crippen LogP contribution is 2.28. The Labute approximate surface area is 144 Å². The van der Waals surface area contributed by atoms with E-state index >= 15 is 0 Å². The summed E-state index contributed by atoms with van der Waals surface area (Å²) in [4.78, 5) is 16.1. The standard InChI is InChI=1S/C18H17N5O2/c1-2-25-17-8-4-3-7-14(17)15-10-16(22-21-15)18(24)23-20-12-13-6-5-9-19-11-13/h3-12H,2H2,1H3,(H,21,22)(H,23,24). The predicted octanol–water partition coefficient (Wildman–Crippen LogP) is 2.63. The number of aromatic amines is 1. The minimum Gasteiger partial charge on any atom is -0.493 e. The highest BCUT2D eigenvalue weighted by atomic mass is 16.5. The lowest BCUT2D eigenvalue weighted by atomic mass is 10.1. The van der Waals surface area contributed by atoms with Gasteiger partial charge in [0.2, 0.25) is 0 Å². The van der Waals surface area contributed by atoms with Gasteiger partial charge in [0.1, 0.15) is 11.4 Å². The number of carbonyl (C=O) groups excluding carboxylic acids is 1. The number of nitrogens with zero attached hydrogens (tertiary/aromatic N) is 3. The monoisotopic (exact) mass is 335 g/mol. The summed E-state index contributed by atoms with van der Waals surface area (Å²) in [7, 11) is 0. The highest BCUT2D eigenvalue weighted by molar-refractivity contribution is 5.94. The van der Waals surface area contributed by atoms with Crippen LogP contribution < -0.4 is 10.2 Å². The van der Waals surface area contributed by atoms with Gasteiger partial charge in [0, 0.05) is 23.5 Å². The highest BCUT2D eigenvalue weighted by Gasteiger charge is 2.13. The van der Waals surface area contributed by atoms with Crippen molar-refractivity contribution >= 4 is 12.1 Å². The summed E-state index contributed by atoms with van der Waals surface area (Å²) in [6, 6.07) is 12.8. The van der Waals surface area contributed by atoms with Gasteiger partial charge in [0.25, 0.3) is 5.91 Å². The van der Waals surface area contributed by atoms with Crippen LogP contribution >= 0.6 is 0 Å². The first kappa shape index (κ1) is 16.4. The third kappa shape index (κ3) is 4.08. The first-order valence-electron chi connectivity index (χ1n) is 7.79. The number of nitrogens with one attached hydrogen (secondary N) is 2. The fourth-order valence-corrected chi connectivity index (χ4v) is 2.21. The van der Waals surface area contributed by atoms with Crippen LogP contribution in [0.3, 0.4) is 0 Å². The summed E-state index contributed by atoms with van der Waals surface area (Å²) < 4.78 is 5.59. The molecule has 3 aromatic rings. The number of benzene rings is 1. The van der Waals surface area contributed by atoms with Gasteiger partial charge in [-0.25, -0.2) is 5.43 Å². The van der Waals surface area contributed by atoms with Gasteiger partial charge in [-0.3, -0.25) is 14.9 Å². The van der Waals surface area contributed by atoms with Crippen molar-refractivity contribution in [3.63, 3.8) is 0 Å². The van der Waals surface area contributed by atoms with E-state index in [1.165, 1.54) is 6.21 Å². The lowest BCUT2D eigenvalue weighted by Crippen LogP contribution is -2.18. The van der Waals surface area contributed by atoms with Crippen molar-refractivity contribution in [2.75, 3.05) is 6.61 Å². The normalized spacial score (nSPS) is 10.8. The smallest absolute Gasteiger partial charge is 0.289 e. The summed E-state index contributed by atoms with van der Waals surface area (Å²) in [5, 5.41) is 10.8. The molecular weight excluding hydrogens is 318 g/mol. The molecule has 0 aliphatic carbocycles. The molecule has 1 aromatic carbocycles. The molecule has 126 valence electrons. The summed E-state index contributed by atoms with van der Waals surface area (Å²) in [6.45, 7) is 2.47.